The summed E-state index contributed by atoms with van der Waals surface area (Å²) in [4.78, 5) is 22.9. The molecule has 3 rings (SSSR count). The first-order valence-electron chi connectivity index (χ1n) is 8.33. The lowest BCUT2D eigenvalue weighted by Crippen LogP contribution is -2.43. The standard InChI is InChI=1S/C19H20N2O4/c22-19(15-6-2-1-3-7-15)25-18-9-10-20-13-16(18)11-14-5-4-8-17(12-14)21(23)24/h1-8,12,16,18,20H,9-11,13H2. The minimum absolute atomic E-state index is 0.0825. The molecule has 0 spiro atoms. The zero-order chi connectivity index (χ0) is 17.6. The van der Waals surface area contributed by atoms with E-state index in [1.54, 1.807) is 36.4 Å². The van der Waals surface area contributed by atoms with E-state index < -0.39 is 4.92 Å². The Morgan fingerprint density at radius 3 is 2.76 bits per heavy atom. The third-order valence-electron chi connectivity index (χ3n) is 4.43. The maximum absolute atomic E-state index is 12.3. The Morgan fingerprint density at radius 1 is 1.20 bits per heavy atom. The Balaban J connectivity index is 1.70. The summed E-state index contributed by atoms with van der Waals surface area (Å²) in [6.45, 7) is 1.51. The molecule has 0 amide bonds. The van der Waals surface area contributed by atoms with Gasteiger partial charge in [0, 0.05) is 24.6 Å². The van der Waals surface area contributed by atoms with Gasteiger partial charge in [0.1, 0.15) is 6.10 Å². The van der Waals surface area contributed by atoms with Crippen molar-refractivity contribution in [3.63, 3.8) is 0 Å². The minimum Gasteiger partial charge on any atom is -0.458 e. The predicted molar refractivity (Wildman–Crippen MR) is 93.4 cm³/mol. The normalized spacial score (nSPS) is 20.0. The van der Waals surface area contributed by atoms with E-state index in [4.69, 9.17) is 4.74 Å². The fourth-order valence-corrected chi connectivity index (χ4v) is 3.14. The van der Waals surface area contributed by atoms with Gasteiger partial charge in [0.25, 0.3) is 5.69 Å². The summed E-state index contributed by atoms with van der Waals surface area (Å²) in [6.07, 6.45) is 1.16. The van der Waals surface area contributed by atoms with Crippen LogP contribution in [0.2, 0.25) is 0 Å². The van der Waals surface area contributed by atoms with Crippen molar-refractivity contribution in [2.45, 2.75) is 18.9 Å². The highest BCUT2D eigenvalue weighted by Gasteiger charge is 2.29. The summed E-state index contributed by atoms with van der Waals surface area (Å²) in [6, 6.07) is 15.6. The van der Waals surface area contributed by atoms with Crippen molar-refractivity contribution in [3.8, 4) is 0 Å². The van der Waals surface area contributed by atoms with Crippen molar-refractivity contribution < 1.29 is 14.5 Å². The van der Waals surface area contributed by atoms with Gasteiger partial charge in [0.05, 0.1) is 10.5 Å². The second-order valence-electron chi connectivity index (χ2n) is 6.19. The van der Waals surface area contributed by atoms with Crippen molar-refractivity contribution in [2.75, 3.05) is 13.1 Å². The van der Waals surface area contributed by atoms with Gasteiger partial charge in [-0.25, -0.2) is 4.79 Å². The van der Waals surface area contributed by atoms with Crippen LogP contribution >= 0.6 is 0 Å². The van der Waals surface area contributed by atoms with Gasteiger partial charge in [0.2, 0.25) is 0 Å². The number of hydrogen-bond donors (Lipinski definition) is 1. The number of esters is 1. The molecular weight excluding hydrogens is 320 g/mol. The fraction of sp³-hybridized carbons (Fsp3) is 0.316. The molecule has 2 unspecified atom stereocenters. The maximum Gasteiger partial charge on any atom is 0.338 e. The Hall–Kier alpha value is -2.73. The van der Waals surface area contributed by atoms with Crippen LogP contribution in [-0.4, -0.2) is 30.1 Å². The van der Waals surface area contributed by atoms with Gasteiger partial charge in [-0.2, -0.15) is 0 Å². The van der Waals surface area contributed by atoms with Crippen molar-refractivity contribution in [3.05, 3.63) is 75.8 Å². The molecule has 1 saturated heterocycles. The van der Waals surface area contributed by atoms with Gasteiger partial charge in [-0.1, -0.05) is 30.3 Å². The predicted octanol–water partition coefficient (Wildman–Crippen LogP) is 2.97. The number of nitro groups is 1. The Morgan fingerprint density at radius 2 is 2.00 bits per heavy atom. The Labute approximate surface area is 146 Å². The van der Waals surface area contributed by atoms with E-state index in [0.29, 0.717) is 12.0 Å². The highest BCUT2D eigenvalue weighted by molar-refractivity contribution is 5.89. The van der Waals surface area contributed by atoms with Gasteiger partial charge in [-0.15, -0.1) is 0 Å². The molecule has 25 heavy (non-hydrogen) atoms. The first-order valence-corrected chi connectivity index (χ1v) is 8.33. The fourth-order valence-electron chi connectivity index (χ4n) is 3.14. The number of nitrogens with zero attached hydrogens (tertiary/aromatic N) is 1. The van der Waals surface area contributed by atoms with Gasteiger partial charge in [-0.05, 0) is 37.1 Å². The van der Waals surface area contributed by atoms with Gasteiger partial charge < -0.3 is 10.1 Å². The second-order valence-corrected chi connectivity index (χ2v) is 6.19. The van der Waals surface area contributed by atoms with Crippen LogP contribution in [0.1, 0.15) is 22.3 Å². The number of hydrogen-bond acceptors (Lipinski definition) is 5. The van der Waals surface area contributed by atoms with Crippen molar-refractivity contribution in [1.29, 1.82) is 0 Å². The number of rotatable bonds is 5. The quantitative estimate of drug-likeness (QED) is 0.514. The van der Waals surface area contributed by atoms with Crippen LogP contribution in [0.3, 0.4) is 0 Å². The number of carbonyl (C=O) groups excluding carboxylic acids is 1. The van der Waals surface area contributed by atoms with Gasteiger partial charge in [0.15, 0.2) is 0 Å². The molecule has 1 aliphatic heterocycles. The van der Waals surface area contributed by atoms with E-state index >= 15 is 0 Å². The smallest absolute Gasteiger partial charge is 0.338 e. The number of nitro benzene ring substituents is 1. The Kier molecular flexibility index (Phi) is 5.40. The van der Waals surface area contributed by atoms with E-state index in [0.717, 1.165) is 25.1 Å². The average molecular weight is 340 g/mol. The second kappa shape index (κ2) is 7.90. The van der Waals surface area contributed by atoms with Crippen molar-refractivity contribution in [2.24, 2.45) is 5.92 Å². The van der Waals surface area contributed by atoms with Crippen LogP contribution in [0.5, 0.6) is 0 Å². The molecule has 0 aromatic heterocycles. The number of piperidine rings is 1. The molecule has 130 valence electrons. The van der Waals surface area contributed by atoms with Crippen LogP contribution in [0.4, 0.5) is 5.69 Å². The van der Waals surface area contributed by atoms with Crippen molar-refractivity contribution in [1.82, 2.24) is 5.32 Å². The van der Waals surface area contributed by atoms with E-state index in [9.17, 15) is 14.9 Å². The number of carbonyl (C=O) groups is 1. The van der Waals surface area contributed by atoms with E-state index in [-0.39, 0.29) is 23.7 Å². The molecule has 0 radical (unpaired) electrons. The molecule has 2 atom stereocenters. The molecule has 6 heteroatoms. The first kappa shape index (κ1) is 17.1. The van der Waals surface area contributed by atoms with Crippen LogP contribution in [-0.2, 0) is 11.2 Å². The topological polar surface area (TPSA) is 81.5 Å². The molecule has 2 aromatic rings. The third-order valence-corrected chi connectivity index (χ3v) is 4.43. The summed E-state index contributed by atoms with van der Waals surface area (Å²) in [5.41, 5.74) is 1.50. The highest BCUT2D eigenvalue weighted by Crippen LogP contribution is 2.23. The van der Waals surface area contributed by atoms with E-state index in [1.165, 1.54) is 6.07 Å². The van der Waals surface area contributed by atoms with Gasteiger partial charge >= 0.3 is 5.97 Å². The zero-order valence-electron chi connectivity index (χ0n) is 13.8. The monoisotopic (exact) mass is 340 g/mol. The first-order chi connectivity index (χ1) is 12.1. The third kappa shape index (κ3) is 4.42. The number of benzene rings is 2. The van der Waals surface area contributed by atoms with E-state index in [2.05, 4.69) is 5.32 Å². The molecule has 1 fully saturated rings. The summed E-state index contributed by atoms with van der Waals surface area (Å²) >= 11 is 0. The molecule has 6 nitrogen and oxygen atoms in total. The lowest BCUT2D eigenvalue weighted by Gasteiger charge is -2.32. The SMILES string of the molecule is O=C(OC1CCNCC1Cc1cccc([N+](=O)[O-])c1)c1ccccc1. The number of non-ortho nitro benzene ring substituents is 1. The number of nitrogens with one attached hydrogen (secondary N) is 1. The van der Waals surface area contributed by atoms with Gasteiger partial charge in [-0.3, -0.25) is 10.1 Å². The van der Waals surface area contributed by atoms with Crippen LogP contribution < -0.4 is 5.32 Å². The number of ether oxygens (including phenoxy) is 1. The average Bonchev–Trinajstić information content (AvgIpc) is 2.64. The van der Waals surface area contributed by atoms with E-state index in [1.807, 2.05) is 12.1 Å². The minimum atomic E-state index is -0.393. The lowest BCUT2D eigenvalue weighted by atomic mass is 9.89. The largest absolute Gasteiger partial charge is 0.458 e. The molecule has 0 saturated carbocycles. The molecule has 0 bridgehead atoms. The molecule has 1 heterocycles. The molecule has 1 aliphatic rings. The molecule has 1 N–H and O–H groups in total. The summed E-state index contributed by atoms with van der Waals surface area (Å²) < 4.78 is 5.73. The molecular formula is C19H20N2O4. The lowest BCUT2D eigenvalue weighted by molar-refractivity contribution is -0.384. The summed E-state index contributed by atoms with van der Waals surface area (Å²) in [7, 11) is 0. The highest BCUT2D eigenvalue weighted by atomic mass is 16.6. The molecule has 2 aromatic carbocycles. The Bertz CT molecular complexity index is 748. The zero-order valence-corrected chi connectivity index (χ0v) is 13.8. The van der Waals surface area contributed by atoms with Crippen LogP contribution in [0.25, 0.3) is 0 Å². The summed E-state index contributed by atoms with van der Waals surface area (Å²) in [5, 5.41) is 14.2. The summed E-state index contributed by atoms with van der Waals surface area (Å²) in [5.74, 6) is -0.236. The van der Waals surface area contributed by atoms with Crippen LogP contribution in [0, 0.1) is 16.0 Å². The van der Waals surface area contributed by atoms with Crippen LogP contribution in [0.15, 0.2) is 54.6 Å². The maximum atomic E-state index is 12.3. The van der Waals surface area contributed by atoms with Crippen molar-refractivity contribution >= 4 is 11.7 Å². The molecule has 0 aliphatic carbocycles.